The first kappa shape index (κ1) is 26.0. The van der Waals surface area contributed by atoms with Crippen molar-refractivity contribution in [2.24, 2.45) is 0 Å². The number of fused-ring (bicyclic) bond motifs is 3. The molecule has 0 atom stereocenters. The summed E-state index contributed by atoms with van der Waals surface area (Å²) >= 11 is 0. The van der Waals surface area contributed by atoms with Gasteiger partial charge in [0.1, 0.15) is 0 Å². The Kier molecular flexibility index (Phi) is 6.89. The van der Waals surface area contributed by atoms with Crippen molar-refractivity contribution in [2.75, 3.05) is 0 Å². The molecular formula is C38H34N4. The molecule has 0 saturated carbocycles. The zero-order valence-corrected chi connectivity index (χ0v) is 24.2. The van der Waals surface area contributed by atoms with Crippen LogP contribution < -0.4 is 0 Å². The quantitative estimate of drug-likeness (QED) is 0.190. The number of hydrogen-bond acceptors (Lipinski definition) is 2. The second-order valence-electron chi connectivity index (χ2n) is 11.0. The van der Waals surface area contributed by atoms with Crippen LogP contribution in [0.15, 0.2) is 121 Å². The van der Waals surface area contributed by atoms with Crippen molar-refractivity contribution in [3.8, 4) is 34.2 Å². The standard InChI is InChI=1S/C38H34N4/c1-3-11-27-17-23-35-33(25-27)34-26-28(12-4-2)18-24-36(34)41(35)31-19-21-32(22-20-31)42-37(29-13-7-5-8-14-29)39-40-38(42)30-15-9-6-10-16-30/h5-10,13-26H,3-4,11-12H2,1-2H3. The van der Waals surface area contributed by atoms with Crippen molar-refractivity contribution in [2.45, 2.75) is 39.5 Å². The van der Waals surface area contributed by atoms with E-state index in [0.717, 1.165) is 59.8 Å². The van der Waals surface area contributed by atoms with E-state index in [1.54, 1.807) is 0 Å². The largest absolute Gasteiger partial charge is 0.309 e. The fourth-order valence-corrected chi connectivity index (χ4v) is 6.11. The van der Waals surface area contributed by atoms with Gasteiger partial charge in [0.2, 0.25) is 0 Å². The number of benzene rings is 5. The summed E-state index contributed by atoms with van der Waals surface area (Å²) in [5.74, 6) is 1.65. The molecule has 0 aliphatic rings. The Balaban J connectivity index is 1.39. The maximum absolute atomic E-state index is 4.65. The van der Waals surface area contributed by atoms with Crippen LogP contribution in [0.25, 0.3) is 56.0 Å². The third kappa shape index (κ3) is 4.59. The molecule has 0 fully saturated rings. The maximum atomic E-state index is 4.65. The van der Waals surface area contributed by atoms with Crippen LogP contribution in [0.3, 0.4) is 0 Å². The summed E-state index contributed by atoms with van der Waals surface area (Å²) in [6, 6.07) is 43.4. The fraction of sp³-hybridized carbons (Fsp3) is 0.158. The van der Waals surface area contributed by atoms with E-state index in [0.29, 0.717) is 0 Å². The average Bonchev–Trinajstić information content (AvgIpc) is 3.62. The topological polar surface area (TPSA) is 35.6 Å². The minimum absolute atomic E-state index is 0.825. The van der Waals surface area contributed by atoms with Gasteiger partial charge in [-0.25, -0.2) is 0 Å². The fourth-order valence-electron chi connectivity index (χ4n) is 6.11. The van der Waals surface area contributed by atoms with Crippen LogP contribution in [0.2, 0.25) is 0 Å². The lowest BCUT2D eigenvalue weighted by atomic mass is 10.0. The van der Waals surface area contributed by atoms with Crippen LogP contribution in [-0.4, -0.2) is 19.3 Å². The molecule has 0 aliphatic carbocycles. The third-order valence-corrected chi connectivity index (χ3v) is 8.06. The highest BCUT2D eigenvalue weighted by Crippen LogP contribution is 2.35. The minimum Gasteiger partial charge on any atom is -0.309 e. The van der Waals surface area contributed by atoms with Gasteiger partial charge in [0.05, 0.1) is 11.0 Å². The summed E-state index contributed by atoms with van der Waals surface area (Å²) < 4.78 is 4.57. The average molecular weight is 547 g/mol. The van der Waals surface area contributed by atoms with Gasteiger partial charge in [-0.15, -0.1) is 10.2 Å². The summed E-state index contributed by atoms with van der Waals surface area (Å²) in [6.45, 7) is 4.49. The van der Waals surface area contributed by atoms with E-state index in [1.807, 2.05) is 36.4 Å². The van der Waals surface area contributed by atoms with Gasteiger partial charge < -0.3 is 4.57 Å². The van der Waals surface area contributed by atoms with Crippen LogP contribution in [0.1, 0.15) is 37.8 Å². The molecule has 42 heavy (non-hydrogen) atoms. The lowest BCUT2D eigenvalue weighted by Crippen LogP contribution is -2.01. The van der Waals surface area contributed by atoms with Crippen molar-refractivity contribution in [1.82, 2.24) is 19.3 Å². The van der Waals surface area contributed by atoms with Crippen molar-refractivity contribution in [1.29, 1.82) is 0 Å². The van der Waals surface area contributed by atoms with E-state index in [-0.39, 0.29) is 0 Å². The lowest BCUT2D eigenvalue weighted by Gasteiger charge is -2.13. The second kappa shape index (κ2) is 11.1. The summed E-state index contributed by atoms with van der Waals surface area (Å²) in [7, 11) is 0. The zero-order chi connectivity index (χ0) is 28.5. The predicted octanol–water partition coefficient (Wildman–Crippen LogP) is 9.60. The van der Waals surface area contributed by atoms with E-state index < -0.39 is 0 Å². The first-order valence-electron chi connectivity index (χ1n) is 15.0. The van der Waals surface area contributed by atoms with Crippen molar-refractivity contribution in [3.63, 3.8) is 0 Å². The molecule has 0 amide bonds. The maximum Gasteiger partial charge on any atom is 0.168 e. The van der Waals surface area contributed by atoms with Gasteiger partial charge in [-0.05, 0) is 72.5 Å². The normalized spacial score (nSPS) is 11.5. The molecular weight excluding hydrogens is 512 g/mol. The summed E-state index contributed by atoms with van der Waals surface area (Å²) in [5, 5.41) is 12.0. The summed E-state index contributed by atoms with van der Waals surface area (Å²) in [4.78, 5) is 0. The molecule has 2 heterocycles. The van der Waals surface area contributed by atoms with E-state index >= 15 is 0 Å². The molecule has 4 heteroatoms. The van der Waals surface area contributed by atoms with Crippen molar-refractivity contribution < 1.29 is 0 Å². The third-order valence-electron chi connectivity index (χ3n) is 8.06. The number of nitrogens with zero attached hydrogens (tertiary/aromatic N) is 4. The number of rotatable bonds is 8. The Morgan fingerprint density at radius 2 is 0.905 bits per heavy atom. The van der Waals surface area contributed by atoms with Crippen LogP contribution in [0, 0.1) is 0 Å². The lowest BCUT2D eigenvalue weighted by molar-refractivity contribution is 0.923. The van der Waals surface area contributed by atoms with Gasteiger partial charge in [0, 0.05) is 33.3 Å². The number of aromatic nitrogens is 4. The first-order valence-corrected chi connectivity index (χ1v) is 15.0. The van der Waals surface area contributed by atoms with Crippen molar-refractivity contribution in [3.05, 3.63) is 132 Å². The Bertz CT molecular complexity index is 1860. The van der Waals surface area contributed by atoms with Gasteiger partial charge in [0.25, 0.3) is 0 Å². The van der Waals surface area contributed by atoms with Gasteiger partial charge >= 0.3 is 0 Å². The minimum atomic E-state index is 0.825. The van der Waals surface area contributed by atoms with E-state index in [9.17, 15) is 0 Å². The summed E-state index contributed by atoms with van der Waals surface area (Å²) in [5.41, 5.74) is 9.51. The van der Waals surface area contributed by atoms with E-state index in [2.05, 4.69) is 118 Å². The second-order valence-corrected chi connectivity index (χ2v) is 11.0. The monoisotopic (exact) mass is 546 g/mol. The highest BCUT2D eigenvalue weighted by molar-refractivity contribution is 6.09. The van der Waals surface area contributed by atoms with E-state index in [1.165, 1.54) is 32.9 Å². The van der Waals surface area contributed by atoms with Crippen LogP contribution in [0.5, 0.6) is 0 Å². The van der Waals surface area contributed by atoms with Gasteiger partial charge in [0.15, 0.2) is 11.6 Å². The van der Waals surface area contributed by atoms with Crippen LogP contribution in [0.4, 0.5) is 0 Å². The smallest absolute Gasteiger partial charge is 0.168 e. The molecule has 0 aliphatic heterocycles. The molecule has 0 unspecified atom stereocenters. The summed E-state index contributed by atoms with van der Waals surface area (Å²) in [6.07, 6.45) is 4.48. The molecule has 0 bridgehead atoms. The SMILES string of the molecule is CCCc1ccc2c(c1)c1cc(CCC)ccc1n2-c1ccc(-n2c(-c3ccccc3)nnc2-c2ccccc2)cc1. The molecule has 7 aromatic rings. The van der Waals surface area contributed by atoms with Gasteiger partial charge in [-0.2, -0.15) is 0 Å². The molecule has 7 rings (SSSR count). The van der Waals surface area contributed by atoms with E-state index in [4.69, 9.17) is 0 Å². The zero-order valence-electron chi connectivity index (χ0n) is 24.2. The first-order chi connectivity index (χ1) is 20.7. The molecule has 206 valence electrons. The molecule has 4 nitrogen and oxygen atoms in total. The molecule has 5 aromatic carbocycles. The molecule has 2 aromatic heterocycles. The highest BCUT2D eigenvalue weighted by Gasteiger charge is 2.18. The number of aryl methyl sites for hydroxylation is 2. The van der Waals surface area contributed by atoms with Crippen LogP contribution >= 0.6 is 0 Å². The number of hydrogen-bond donors (Lipinski definition) is 0. The predicted molar refractivity (Wildman–Crippen MR) is 175 cm³/mol. The highest BCUT2D eigenvalue weighted by atomic mass is 15.3. The molecule has 0 N–H and O–H groups in total. The van der Waals surface area contributed by atoms with Gasteiger partial charge in [-0.3, -0.25) is 4.57 Å². The van der Waals surface area contributed by atoms with Crippen LogP contribution in [-0.2, 0) is 12.8 Å². The molecule has 0 radical (unpaired) electrons. The Labute approximate surface area is 246 Å². The van der Waals surface area contributed by atoms with Gasteiger partial charge in [-0.1, -0.05) is 99.5 Å². The Hall–Kier alpha value is -4.96. The van der Waals surface area contributed by atoms with Crippen molar-refractivity contribution >= 4 is 21.8 Å². The Morgan fingerprint density at radius 1 is 0.476 bits per heavy atom. The molecule has 0 spiro atoms. The molecule has 0 saturated heterocycles. The Morgan fingerprint density at radius 3 is 1.33 bits per heavy atom.